The molecule has 0 aromatic rings. The summed E-state index contributed by atoms with van der Waals surface area (Å²) < 4.78 is 16.0. The molecule has 1 fully saturated rings. The predicted octanol–water partition coefficient (Wildman–Crippen LogP) is 5.05. The number of carbonyl (C=O) groups is 3. The quantitative estimate of drug-likeness (QED) is 0.195. The molecule has 6 heteroatoms. The smallest absolute Gasteiger partial charge is 0.310 e. The Morgan fingerprint density at radius 1 is 0.606 bits per heavy atom. The van der Waals surface area contributed by atoms with Gasteiger partial charge >= 0.3 is 17.9 Å². The minimum atomic E-state index is -0.759. The third kappa shape index (κ3) is 11.3. The molecule has 1 aliphatic carbocycles. The molecule has 0 N–H and O–H groups in total. The molecule has 6 nitrogen and oxygen atoms in total. The molecule has 0 amide bonds. The van der Waals surface area contributed by atoms with Crippen LogP contribution in [0.15, 0.2) is 74.4 Å². The molecule has 33 heavy (non-hydrogen) atoms. The first kappa shape index (κ1) is 27.9. The highest BCUT2D eigenvalue weighted by Crippen LogP contribution is 2.36. The minimum absolute atomic E-state index is 0.0957. The van der Waals surface area contributed by atoms with Gasteiger partial charge in [0.15, 0.2) is 0 Å². The van der Waals surface area contributed by atoms with Crippen molar-refractivity contribution >= 4 is 17.9 Å². The maximum absolute atomic E-state index is 12.8. The third-order valence-electron chi connectivity index (χ3n) is 5.16. The van der Waals surface area contributed by atoms with Gasteiger partial charge in [0.05, 0.1) is 17.8 Å². The van der Waals surface area contributed by atoms with Gasteiger partial charge in [0, 0.05) is 0 Å². The second-order valence-electron chi connectivity index (χ2n) is 7.60. The molecule has 0 aromatic heterocycles. The molecule has 0 aromatic carbocycles. The molecule has 0 bridgehead atoms. The van der Waals surface area contributed by atoms with Gasteiger partial charge in [0.2, 0.25) is 0 Å². The summed E-state index contributed by atoms with van der Waals surface area (Å²) in [5, 5.41) is 0. The minimum Gasteiger partial charge on any atom is -0.461 e. The van der Waals surface area contributed by atoms with Crippen LogP contribution in [0.2, 0.25) is 0 Å². The molecular weight excluding hydrogens is 420 g/mol. The summed E-state index contributed by atoms with van der Waals surface area (Å²) in [5.41, 5.74) is 0. The second-order valence-corrected chi connectivity index (χ2v) is 7.60. The van der Waals surface area contributed by atoms with Crippen molar-refractivity contribution < 1.29 is 28.6 Å². The van der Waals surface area contributed by atoms with Gasteiger partial charge in [-0.25, -0.2) is 0 Å². The molecule has 3 atom stereocenters. The summed E-state index contributed by atoms with van der Waals surface area (Å²) in [5.74, 6) is -3.22. The lowest BCUT2D eigenvalue weighted by Gasteiger charge is -2.32. The fourth-order valence-electron chi connectivity index (χ4n) is 3.43. The lowest BCUT2D eigenvalue weighted by atomic mass is 9.74. The Labute approximate surface area is 197 Å². The highest BCUT2D eigenvalue weighted by molar-refractivity contribution is 5.84. The molecule has 0 heterocycles. The van der Waals surface area contributed by atoms with Gasteiger partial charge in [-0.15, -0.1) is 19.7 Å². The average molecular weight is 457 g/mol. The van der Waals surface area contributed by atoms with Crippen LogP contribution >= 0.6 is 0 Å². The zero-order valence-electron chi connectivity index (χ0n) is 19.4. The lowest BCUT2D eigenvalue weighted by molar-refractivity contribution is -0.165. The van der Waals surface area contributed by atoms with Crippen LogP contribution in [0.5, 0.6) is 0 Å². The largest absolute Gasteiger partial charge is 0.461 e. The molecule has 180 valence electrons. The summed E-state index contributed by atoms with van der Waals surface area (Å²) in [6.07, 6.45) is 19.0. The van der Waals surface area contributed by atoms with E-state index in [-0.39, 0.29) is 32.2 Å². The Balaban J connectivity index is 2.76. The fraction of sp³-hybridized carbons (Fsp3) is 0.444. The van der Waals surface area contributed by atoms with E-state index in [1.165, 1.54) is 0 Å². The Hall–Kier alpha value is -3.15. The topological polar surface area (TPSA) is 78.9 Å². The molecule has 1 aliphatic rings. The first-order valence-electron chi connectivity index (χ1n) is 11.3. The standard InChI is InChI=1S/C27H36O6/c1-4-7-10-13-18-31-25(28)22-16-17-23(26(29)32-19-14-11-8-5-2)24(21-22)27(30)33-20-15-12-9-6-3/h4-6,10-15,22-24H,1-3,7-9,16-21H2/b13-10+,14-11?,15-12-. The van der Waals surface area contributed by atoms with Crippen molar-refractivity contribution in [3.05, 3.63) is 74.4 Å². The number of esters is 3. The molecule has 1 rings (SSSR count). The van der Waals surface area contributed by atoms with Gasteiger partial charge < -0.3 is 14.2 Å². The van der Waals surface area contributed by atoms with Crippen molar-refractivity contribution in [3.8, 4) is 0 Å². The van der Waals surface area contributed by atoms with Crippen molar-refractivity contribution in [1.82, 2.24) is 0 Å². The average Bonchev–Trinajstić information content (AvgIpc) is 2.82. The van der Waals surface area contributed by atoms with Crippen LogP contribution in [-0.4, -0.2) is 37.7 Å². The number of hydrogen-bond donors (Lipinski definition) is 0. The number of hydrogen-bond acceptors (Lipinski definition) is 6. The maximum Gasteiger partial charge on any atom is 0.310 e. The van der Waals surface area contributed by atoms with Crippen LogP contribution in [0.1, 0.15) is 38.5 Å². The van der Waals surface area contributed by atoms with Gasteiger partial charge in [-0.2, -0.15) is 0 Å². The van der Waals surface area contributed by atoms with E-state index >= 15 is 0 Å². The van der Waals surface area contributed by atoms with E-state index in [1.807, 2.05) is 18.2 Å². The van der Waals surface area contributed by atoms with Gasteiger partial charge in [0.1, 0.15) is 19.8 Å². The van der Waals surface area contributed by atoms with Crippen LogP contribution in [0.4, 0.5) is 0 Å². The number of allylic oxidation sites excluding steroid dienone is 6. The second kappa shape index (κ2) is 17.4. The van der Waals surface area contributed by atoms with Crippen LogP contribution < -0.4 is 0 Å². The molecule has 0 aliphatic heterocycles. The Morgan fingerprint density at radius 3 is 1.48 bits per heavy atom. The summed E-state index contributed by atoms with van der Waals surface area (Å²) in [7, 11) is 0. The zero-order valence-corrected chi connectivity index (χ0v) is 19.4. The zero-order chi connectivity index (χ0) is 24.3. The summed E-state index contributed by atoms with van der Waals surface area (Å²) in [6.45, 7) is 11.3. The molecule has 0 radical (unpaired) electrons. The Bertz CT molecular complexity index is 746. The van der Waals surface area contributed by atoms with Crippen LogP contribution in [0.25, 0.3) is 0 Å². The lowest BCUT2D eigenvalue weighted by Crippen LogP contribution is -2.40. The van der Waals surface area contributed by atoms with Crippen molar-refractivity contribution in [2.45, 2.75) is 38.5 Å². The van der Waals surface area contributed by atoms with Gasteiger partial charge in [-0.1, -0.05) is 54.7 Å². The van der Waals surface area contributed by atoms with E-state index in [9.17, 15) is 14.4 Å². The molecule has 3 unspecified atom stereocenters. The maximum atomic E-state index is 12.8. The molecular formula is C27H36O6. The first-order valence-corrected chi connectivity index (χ1v) is 11.3. The van der Waals surface area contributed by atoms with E-state index in [0.717, 1.165) is 0 Å². The van der Waals surface area contributed by atoms with E-state index < -0.39 is 29.7 Å². The number of ether oxygens (including phenoxy) is 3. The van der Waals surface area contributed by atoms with Crippen molar-refractivity contribution in [2.75, 3.05) is 19.8 Å². The highest BCUT2D eigenvalue weighted by atomic mass is 16.5. The van der Waals surface area contributed by atoms with Crippen LogP contribution in [-0.2, 0) is 28.6 Å². The van der Waals surface area contributed by atoms with Gasteiger partial charge in [-0.3, -0.25) is 14.4 Å². The summed E-state index contributed by atoms with van der Waals surface area (Å²) in [4.78, 5) is 37.9. The fourth-order valence-corrected chi connectivity index (χ4v) is 3.43. The van der Waals surface area contributed by atoms with Crippen molar-refractivity contribution in [3.63, 3.8) is 0 Å². The normalized spacial score (nSPS) is 20.5. The Kier molecular flexibility index (Phi) is 14.7. The van der Waals surface area contributed by atoms with Crippen LogP contribution in [0.3, 0.4) is 0 Å². The monoisotopic (exact) mass is 456 g/mol. The van der Waals surface area contributed by atoms with E-state index in [4.69, 9.17) is 14.2 Å². The van der Waals surface area contributed by atoms with E-state index in [2.05, 4.69) is 19.7 Å². The molecule has 0 saturated heterocycles. The van der Waals surface area contributed by atoms with Gasteiger partial charge in [0.25, 0.3) is 0 Å². The third-order valence-corrected chi connectivity index (χ3v) is 5.16. The molecule has 0 spiro atoms. The molecule has 1 saturated carbocycles. The van der Waals surface area contributed by atoms with Crippen LogP contribution in [0, 0.1) is 17.8 Å². The first-order chi connectivity index (χ1) is 16.0. The van der Waals surface area contributed by atoms with Gasteiger partial charge in [-0.05, 0) is 38.5 Å². The predicted molar refractivity (Wildman–Crippen MR) is 129 cm³/mol. The summed E-state index contributed by atoms with van der Waals surface area (Å²) >= 11 is 0. The highest BCUT2D eigenvalue weighted by Gasteiger charge is 2.43. The Morgan fingerprint density at radius 2 is 1.03 bits per heavy atom. The number of carbonyl (C=O) groups excluding carboxylic acids is 3. The van der Waals surface area contributed by atoms with Crippen molar-refractivity contribution in [2.24, 2.45) is 17.8 Å². The SMILES string of the molecule is C=CCC=CCOC(=O)C1CCC(C(=O)OC/C=C/CC=C)CC1C(=O)OC/C=C\CC=C. The number of rotatable bonds is 15. The summed E-state index contributed by atoms with van der Waals surface area (Å²) in [6, 6.07) is 0. The van der Waals surface area contributed by atoms with Crippen molar-refractivity contribution in [1.29, 1.82) is 0 Å². The van der Waals surface area contributed by atoms with E-state index in [1.54, 1.807) is 36.5 Å². The van der Waals surface area contributed by atoms with E-state index in [0.29, 0.717) is 32.1 Å².